The lowest BCUT2D eigenvalue weighted by atomic mass is 10.3. The van der Waals surface area contributed by atoms with E-state index in [4.69, 9.17) is 15.3 Å². The molecule has 2 amide bonds. The second-order valence-corrected chi connectivity index (χ2v) is 2.83. The molecule has 0 aromatic rings. The topological polar surface area (TPSA) is 110 Å². The number of nitrogens with one attached hydrogen (secondary N) is 1. The zero-order chi connectivity index (χ0) is 11.8. The van der Waals surface area contributed by atoms with Gasteiger partial charge in [-0.2, -0.15) is 0 Å². The van der Waals surface area contributed by atoms with Crippen LogP contribution in [0.5, 0.6) is 0 Å². The number of nitrogens with zero attached hydrogens (tertiary/aromatic N) is 1. The molecule has 0 fully saturated rings. The molecule has 7 heteroatoms. The Hall–Kier alpha value is -1.34. The third kappa shape index (κ3) is 4.61. The molecule has 0 heterocycles. The number of carbonyl (C=O) groups is 2. The molecule has 0 aliphatic heterocycles. The average Bonchev–Trinajstić information content (AvgIpc) is 2.21. The molecule has 88 valence electrons. The molecular formula is C8H16N2O5. The average molecular weight is 220 g/mol. The molecule has 0 bridgehead atoms. The first-order valence-electron chi connectivity index (χ1n) is 4.56. The maximum atomic E-state index is 11.4. The maximum Gasteiger partial charge on any atom is 0.328 e. The summed E-state index contributed by atoms with van der Waals surface area (Å²) in [5.41, 5.74) is 0. The number of aliphatic hydroxyl groups is 2. The number of hydrogen-bond donors (Lipinski definition) is 4. The van der Waals surface area contributed by atoms with Gasteiger partial charge >= 0.3 is 12.0 Å². The monoisotopic (exact) mass is 220 g/mol. The highest BCUT2D eigenvalue weighted by Crippen LogP contribution is 1.91. The van der Waals surface area contributed by atoms with E-state index in [2.05, 4.69) is 5.32 Å². The molecule has 7 nitrogen and oxygen atoms in total. The summed E-state index contributed by atoms with van der Waals surface area (Å²) in [6, 6.07) is -1.93. The van der Waals surface area contributed by atoms with Crippen LogP contribution >= 0.6 is 0 Å². The molecule has 0 saturated carbocycles. The highest BCUT2D eigenvalue weighted by molar-refractivity contribution is 5.82. The van der Waals surface area contributed by atoms with Crippen molar-refractivity contribution in [2.24, 2.45) is 0 Å². The van der Waals surface area contributed by atoms with Gasteiger partial charge in [-0.1, -0.05) is 0 Å². The summed E-state index contributed by atoms with van der Waals surface area (Å²) in [7, 11) is 0. The fourth-order valence-electron chi connectivity index (χ4n) is 0.950. The van der Waals surface area contributed by atoms with Gasteiger partial charge in [0, 0.05) is 13.1 Å². The number of carbonyl (C=O) groups excluding carboxylic acids is 1. The fourth-order valence-corrected chi connectivity index (χ4v) is 0.950. The van der Waals surface area contributed by atoms with E-state index in [1.165, 1.54) is 4.90 Å². The molecule has 0 rings (SSSR count). The Labute approximate surface area is 87.3 Å². The molecule has 0 aliphatic rings. The Kier molecular flexibility index (Phi) is 6.39. The van der Waals surface area contributed by atoms with Crippen LogP contribution in [0.3, 0.4) is 0 Å². The number of aliphatic carboxylic acids is 1. The van der Waals surface area contributed by atoms with Crippen molar-refractivity contribution in [1.29, 1.82) is 0 Å². The van der Waals surface area contributed by atoms with Crippen LogP contribution in [0.2, 0.25) is 0 Å². The quantitative estimate of drug-likeness (QED) is 0.433. The zero-order valence-electron chi connectivity index (χ0n) is 8.51. The van der Waals surface area contributed by atoms with Crippen LogP contribution in [0, 0.1) is 0 Å². The Morgan fingerprint density at radius 3 is 2.33 bits per heavy atom. The molecule has 4 N–H and O–H groups in total. The zero-order valence-corrected chi connectivity index (χ0v) is 8.51. The maximum absolute atomic E-state index is 11.4. The van der Waals surface area contributed by atoms with Gasteiger partial charge in [0.2, 0.25) is 0 Å². The summed E-state index contributed by atoms with van der Waals surface area (Å²) in [4.78, 5) is 23.1. The van der Waals surface area contributed by atoms with Gasteiger partial charge in [0.05, 0.1) is 13.2 Å². The van der Waals surface area contributed by atoms with Gasteiger partial charge in [-0.05, 0) is 6.92 Å². The molecule has 0 aromatic heterocycles. The van der Waals surface area contributed by atoms with Crippen LogP contribution in [-0.2, 0) is 4.79 Å². The van der Waals surface area contributed by atoms with Crippen LogP contribution in [0.4, 0.5) is 4.79 Å². The van der Waals surface area contributed by atoms with E-state index in [9.17, 15) is 9.59 Å². The summed E-state index contributed by atoms with van der Waals surface area (Å²) in [6.07, 6.45) is 0. The van der Waals surface area contributed by atoms with E-state index >= 15 is 0 Å². The lowest BCUT2D eigenvalue weighted by Crippen LogP contribution is -2.50. The van der Waals surface area contributed by atoms with E-state index in [1.807, 2.05) is 0 Å². The number of amides is 2. The molecule has 1 atom stereocenters. The molecule has 0 aliphatic carbocycles. The summed E-state index contributed by atoms with van der Waals surface area (Å²) >= 11 is 0. The van der Waals surface area contributed by atoms with E-state index in [0.717, 1.165) is 0 Å². The third-order valence-corrected chi connectivity index (χ3v) is 1.82. The Bertz CT molecular complexity index is 221. The normalized spacial score (nSPS) is 11.9. The van der Waals surface area contributed by atoms with Gasteiger partial charge in [-0.15, -0.1) is 0 Å². The van der Waals surface area contributed by atoms with Gasteiger partial charge in [-0.3, -0.25) is 0 Å². The number of urea groups is 1. The van der Waals surface area contributed by atoms with Gasteiger partial charge in [0.15, 0.2) is 6.04 Å². The smallest absolute Gasteiger partial charge is 0.328 e. The predicted molar refractivity (Wildman–Crippen MR) is 51.4 cm³/mol. The first-order valence-corrected chi connectivity index (χ1v) is 4.56. The SMILES string of the molecule is CCN(CCO)C(=O)N[C@@H](CO)C(=O)O. The number of aliphatic hydroxyl groups excluding tert-OH is 2. The molecule has 0 unspecified atom stereocenters. The molecule has 0 saturated heterocycles. The predicted octanol–water partition coefficient (Wildman–Crippen LogP) is -1.54. The van der Waals surface area contributed by atoms with E-state index in [-0.39, 0.29) is 13.2 Å². The second-order valence-electron chi connectivity index (χ2n) is 2.83. The van der Waals surface area contributed by atoms with E-state index in [1.54, 1.807) is 6.92 Å². The van der Waals surface area contributed by atoms with Gasteiger partial charge in [0.25, 0.3) is 0 Å². The van der Waals surface area contributed by atoms with Gasteiger partial charge in [0.1, 0.15) is 0 Å². The van der Waals surface area contributed by atoms with Crippen LogP contribution in [0.15, 0.2) is 0 Å². The van der Waals surface area contributed by atoms with Crippen LogP contribution in [0.25, 0.3) is 0 Å². The van der Waals surface area contributed by atoms with E-state index < -0.39 is 24.6 Å². The second kappa shape index (κ2) is 7.02. The molecule has 0 spiro atoms. The highest BCUT2D eigenvalue weighted by Gasteiger charge is 2.21. The van der Waals surface area contributed by atoms with Crippen molar-refractivity contribution in [1.82, 2.24) is 10.2 Å². The van der Waals surface area contributed by atoms with Crippen LogP contribution in [0.1, 0.15) is 6.92 Å². The largest absolute Gasteiger partial charge is 0.480 e. The van der Waals surface area contributed by atoms with Crippen molar-refractivity contribution in [3.63, 3.8) is 0 Å². The Morgan fingerprint density at radius 1 is 1.40 bits per heavy atom. The van der Waals surface area contributed by atoms with Gasteiger partial charge < -0.3 is 25.5 Å². The highest BCUT2D eigenvalue weighted by atomic mass is 16.4. The van der Waals surface area contributed by atoms with Crippen molar-refractivity contribution in [3.8, 4) is 0 Å². The van der Waals surface area contributed by atoms with Crippen molar-refractivity contribution < 1.29 is 24.9 Å². The molecular weight excluding hydrogens is 204 g/mol. The number of hydrogen-bond acceptors (Lipinski definition) is 4. The summed E-state index contributed by atoms with van der Waals surface area (Å²) < 4.78 is 0. The minimum Gasteiger partial charge on any atom is -0.480 e. The van der Waals surface area contributed by atoms with Crippen molar-refractivity contribution in [2.45, 2.75) is 13.0 Å². The fraction of sp³-hybridized carbons (Fsp3) is 0.750. The summed E-state index contributed by atoms with van der Waals surface area (Å²) in [5, 5.41) is 28.0. The summed E-state index contributed by atoms with van der Waals surface area (Å²) in [5.74, 6) is -1.30. The van der Waals surface area contributed by atoms with Crippen molar-refractivity contribution >= 4 is 12.0 Å². The van der Waals surface area contributed by atoms with E-state index in [0.29, 0.717) is 6.54 Å². The molecule has 0 aromatic carbocycles. The third-order valence-electron chi connectivity index (χ3n) is 1.82. The number of carboxylic acid groups (broad SMARTS) is 1. The number of rotatable bonds is 6. The summed E-state index contributed by atoms with van der Waals surface area (Å²) in [6.45, 7) is 1.31. The Morgan fingerprint density at radius 2 is 2.00 bits per heavy atom. The lowest BCUT2D eigenvalue weighted by Gasteiger charge is -2.22. The first kappa shape index (κ1) is 13.7. The standard InChI is InChI=1S/C8H16N2O5/c1-2-10(3-4-11)8(15)9-6(5-12)7(13)14/h6,11-12H,2-5H2,1H3,(H,9,15)(H,13,14)/t6-/m0/s1. The number of carboxylic acids is 1. The molecule has 15 heavy (non-hydrogen) atoms. The van der Waals surface area contributed by atoms with Crippen molar-refractivity contribution in [3.05, 3.63) is 0 Å². The minimum atomic E-state index is -1.31. The number of likely N-dealkylation sites (N-methyl/N-ethyl adjacent to an activating group) is 1. The van der Waals surface area contributed by atoms with Crippen LogP contribution in [-0.4, -0.2) is 64.6 Å². The minimum absolute atomic E-state index is 0.125. The first-order chi connectivity index (χ1) is 7.06. The van der Waals surface area contributed by atoms with Crippen LogP contribution < -0.4 is 5.32 Å². The lowest BCUT2D eigenvalue weighted by molar-refractivity contribution is -0.140. The van der Waals surface area contributed by atoms with Gasteiger partial charge in [-0.25, -0.2) is 9.59 Å². The Balaban J connectivity index is 4.24. The molecule has 0 radical (unpaired) electrons. The van der Waals surface area contributed by atoms with Crippen molar-refractivity contribution in [2.75, 3.05) is 26.3 Å².